The van der Waals surface area contributed by atoms with Crippen molar-refractivity contribution in [3.05, 3.63) is 58.6 Å². The van der Waals surface area contributed by atoms with Crippen LogP contribution in [0.4, 0.5) is 5.69 Å². The summed E-state index contributed by atoms with van der Waals surface area (Å²) in [6.07, 6.45) is 0. The molecule has 1 atom stereocenters. The van der Waals surface area contributed by atoms with Crippen LogP contribution in [0.2, 0.25) is 0 Å². The zero-order valence-corrected chi connectivity index (χ0v) is 15.1. The SMILES string of the molecule is COc1ccccc1N(C)CC(=O)NC(C)c1ccc(Br)cc1. The van der Waals surface area contributed by atoms with E-state index in [-0.39, 0.29) is 18.5 Å². The number of halogens is 1. The molecular weight excluding hydrogens is 356 g/mol. The van der Waals surface area contributed by atoms with Crippen LogP contribution in [0, 0.1) is 0 Å². The van der Waals surface area contributed by atoms with E-state index in [1.54, 1.807) is 7.11 Å². The largest absolute Gasteiger partial charge is 0.495 e. The number of likely N-dealkylation sites (N-methyl/N-ethyl adjacent to an activating group) is 1. The number of carbonyl (C=O) groups is 1. The Hall–Kier alpha value is -2.01. The van der Waals surface area contributed by atoms with Gasteiger partial charge >= 0.3 is 0 Å². The first kappa shape index (κ1) is 17.3. The first-order valence-electron chi connectivity index (χ1n) is 7.40. The van der Waals surface area contributed by atoms with E-state index < -0.39 is 0 Å². The van der Waals surface area contributed by atoms with E-state index in [1.165, 1.54) is 0 Å². The van der Waals surface area contributed by atoms with E-state index in [0.29, 0.717) is 0 Å². The van der Waals surface area contributed by atoms with Crippen LogP contribution in [0.1, 0.15) is 18.5 Å². The van der Waals surface area contributed by atoms with Crippen molar-refractivity contribution in [1.82, 2.24) is 5.32 Å². The van der Waals surface area contributed by atoms with Gasteiger partial charge in [0.2, 0.25) is 5.91 Å². The second-order valence-electron chi connectivity index (χ2n) is 5.37. The van der Waals surface area contributed by atoms with Gasteiger partial charge in [-0.05, 0) is 36.8 Å². The Morgan fingerprint density at radius 2 is 1.87 bits per heavy atom. The van der Waals surface area contributed by atoms with Crippen LogP contribution in [0.5, 0.6) is 5.75 Å². The first-order valence-corrected chi connectivity index (χ1v) is 8.19. The van der Waals surface area contributed by atoms with Gasteiger partial charge in [-0.1, -0.05) is 40.2 Å². The fourth-order valence-corrected chi connectivity index (χ4v) is 2.63. The monoisotopic (exact) mass is 376 g/mol. The summed E-state index contributed by atoms with van der Waals surface area (Å²) in [5.74, 6) is 0.720. The molecule has 1 N–H and O–H groups in total. The Balaban J connectivity index is 1.97. The fourth-order valence-electron chi connectivity index (χ4n) is 2.37. The lowest BCUT2D eigenvalue weighted by Gasteiger charge is -2.22. The van der Waals surface area contributed by atoms with Crippen LogP contribution in [0.25, 0.3) is 0 Å². The van der Waals surface area contributed by atoms with E-state index in [2.05, 4.69) is 21.2 Å². The lowest BCUT2D eigenvalue weighted by molar-refractivity contribution is -0.120. The van der Waals surface area contributed by atoms with Crippen molar-refractivity contribution in [3.8, 4) is 5.75 Å². The molecule has 0 bridgehead atoms. The number of hydrogen-bond donors (Lipinski definition) is 1. The number of nitrogens with zero attached hydrogens (tertiary/aromatic N) is 1. The molecule has 1 amide bonds. The zero-order chi connectivity index (χ0) is 16.8. The van der Waals surface area contributed by atoms with Crippen molar-refractivity contribution in [3.63, 3.8) is 0 Å². The summed E-state index contributed by atoms with van der Waals surface area (Å²) in [5.41, 5.74) is 1.96. The molecule has 122 valence electrons. The third kappa shape index (κ3) is 4.73. The zero-order valence-electron chi connectivity index (χ0n) is 13.5. The van der Waals surface area contributed by atoms with Crippen molar-refractivity contribution in [2.24, 2.45) is 0 Å². The molecular formula is C18H21BrN2O2. The third-order valence-electron chi connectivity index (χ3n) is 3.62. The fraction of sp³-hybridized carbons (Fsp3) is 0.278. The van der Waals surface area contributed by atoms with Gasteiger partial charge in [0.05, 0.1) is 25.4 Å². The summed E-state index contributed by atoms with van der Waals surface area (Å²) in [6.45, 7) is 2.24. The second-order valence-corrected chi connectivity index (χ2v) is 6.28. The molecule has 0 aliphatic heterocycles. The van der Waals surface area contributed by atoms with Gasteiger partial charge in [0.1, 0.15) is 5.75 Å². The second kappa shape index (κ2) is 8.02. The number of nitrogens with one attached hydrogen (secondary N) is 1. The first-order chi connectivity index (χ1) is 11.0. The van der Waals surface area contributed by atoms with Crippen molar-refractivity contribution in [2.45, 2.75) is 13.0 Å². The average molecular weight is 377 g/mol. The molecule has 0 heterocycles. The number of methoxy groups -OCH3 is 1. The van der Waals surface area contributed by atoms with Crippen LogP contribution in [0.15, 0.2) is 53.0 Å². The smallest absolute Gasteiger partial charge is 0.239 e. The Labute approximate surface area is 145 Å². The summed E-state index contributed by atoms with van der Waals surface area (Å²) in [6, 6.07) is 15.6. The highest BCUT2D eigenvalue weighted by Crippen LogP contribution is 2.26. The Morgan fingerprint density at radius 1 is 1.22 bits per heavy atom. The molecule has 0 aliphatic carbocycles. The van der Waals surface area contributed by atoms with Crippen LogP contribution in [-0.2, 0) is 4.79 Å². The maximum atomic E-state index is 12.3. The summed E-state index contributed by atoms with van der Waals surface area (Å²) in [4.78, 5) is 14.2. The summed E-state index contributed by atoms with van der Waals surface area (Å²) in [5, 5.41) is 3.02. The highest BCUT2D eigenvalue weighted by molar-refractivity contribution is 9.10. The van der Waals surface area contributed by atoms with Gasteiger partial charge in [-0.15, -0.1) is 0 Å². The molecule has 5 heteroatoms. The maximum Gasteiger partial charge on any atom is 0.239 e. The molecule has 0 spiro atoms. The van der Waals surface area contributed by atoms with Gasteiger partial charge in [-0.2, -0.15) is 0 Å². The lowest BCUT2D eigenvalue weighted by Crippen LogP contribution is -2.36. The third-order valence-corrected chi connectivity index (χ3v) is 4.15. The van der Waals surface area contributed by atoms with Crippen molar-refractivity contribution in [1.29, 1.82) is 0 Å². The normalized spacial score (nSPS) is 11.7. The molecule has 0 saturated carbocycles. The van der Waals surface area contributed by atoms with E-state index >= 15 is 0 Å². The molecule has 0 saturated heterocycles. The van der Waals surface area contributed by atoms with Crippen molar-refractivity contribution in [2.75, 3.05) is 25.6 Å². The van der Waals surface area contributed by atoms with Crippen molar-refractivity contribution < 1.29 is 9.53 Å². The average Bonchev–Trinajstić information content (AvgIpc) is 2.55. The van der Waals surface area contributed by atoms with Crippen LogP contribution >= 0.6 is 15.9 Å². The lowest BCUT2D eigenvalue weighted by atomic mass is 10.1. The number of benzene rings is 2. The number of para-hydroxylation sites is 2. The van der Waals surface area contributed by atoms with E-state index in [0.717, 1.165) is 21.5 Å². The predicted octanol–water partition coefficient (Wildman–Crippen LogP) is 3.77. The number of anilines is 1. The number of carbonyl (C=O) groups excluding carboxylic acids is 1. The van der Waals surface area contributed by atoms with Gasteiger partial charge < -0.3 is 15.0 Å². The Morgan fingerprint density at radius 3 is 2.52 bits per heavy atom. The van der Waals surface area contributed by atoms with Gasteiger partial charge in [-0.25, -0.2) is 0 Å². The van der Waals surface area contributed by atoms with E-state index in [1.807, 2.05) is 67.4 Å². The number of amides is 1. The topological polar surface area (TPSA) is 41.6 Å². The van der Waals surface area contributed by atoms with Crippen molar-refractivity contribution >= 4 is 27.5 Å². The number of rotatable bonds is 6. The Bertz CT molecular complexity index is 658. The highest BCUT2D eigenvalue weighted by atomic mass is 79.9. The quantitative estimate of drug-likeness (QED) is 0.833. The molecule has 0 aromatic heterocycles. The van der Waals surface area contributed by atoms with Gasteiger partial charge in [0.15, 0.2) is 0 Å². The molecule has 0 aliphatic rings. The molecule has 0 radical (unpaired) electrons. The molecule has 0 fully saturated rings. The summed E-state index contributed by atoms with van der Waals surface area (Å²) < 4.78 is 6.36. The van der Waals surface area contributed by atoms with E-state index in [9.17, 15) is 4.79 Å². The molecule has 2 rings (SSSR count). The molecule has 2 aromatic rings. The highest BCUT2D eigenvalue weighted by Gasteiger charge is 2.14. The molecule has 1 unspecified atom stereocenters. The van der Waals surface area contributed by atoms with Gasteiger partial charge in [0.25, 0.3) is 0 Å². The minimum atomic E-state index is -0.0401. The minimum absolute atomic E-state index is 0.0335. The van der Waals surface area contributed by atoms with E-state index in [4.69, 9.17) is 4.74 Å². The van der Waals surface area contributed by atoms with Crippen LogP contribution < -0.4 is 15.0 Å². The standard InChI is InChI=1S/C18H21BrN2O2/c1-13(14-8-10-15(19)11-9-14)20-18(22)12-21(2)16-6-4-5-7-17(16)23-3/h4-11,13H,12H2,1-3H3,(H,20,22). The molecule has 2 aromatic carbocycles. The van der Waals surface area contributed by atoms with Gasteiger partial charge in [-0.3, -0.25) is 4.79 Å². The molecule has 23 heavy (non-hydrogen) atoms. The number of hydrogen-bond acceptors (Lipinski definition) is 3. The van der Waals surface area contributed by atoms with Gasteiger partial charge in [0, 0.05) is 11.5 Å². The van der Waals surface area contributed by atoms with Crippen LogP contribution in [-0.4, -0.2) is 26.6 Å². The Kier molecular flexibility index (Phi) is 6.04. The summed E-state index contributed by atoms with van der Waals surface area (Å²) in [7, 11) is 3.50. The predicted molar refractivity (Wildman–Crippen MR) is 97.0 cm³/mol. The minimum Gasteiger partial charge on any atom is -0.495 e. The summed E-state index contributed by atoms with van der Waals surface area (Å²) >= 11 is 3.41. The van der Waals surface area contributed by atoms with Crippen LogP contribution in [0.3, 0.4) is 0 Å². The number of ether oxygens (including phenoxy) is 1. The molecule has 4 nitrogen and oxygen atoms in total. The maximum absolute atomic E-state index is 12.3.